The molecule has 2 heterocycles. The van der Waals surface area contributed by atoms with Crippen LogP contribution in [-0.2, 0) is 26.8 Å². The minimum absolute atomic E-state index is 0.145. The Hall–Kier alpha value is -1.70. The van der Waals surface area contributed by atoms with Gasteiger partial charge in [-0.2, -0.15) is 4.98 Å². The van der Waals surface area contributed by atoms with E-state index in [1.165, 1.54) is 0 Å². The van der Waals surface area contributed by atoms with E-state index >= 15 is 0 Å². The molecule has 0 atom stereocenters. The SMILES string of the molecule is Cc1noc(C)c1CS(=O)(=O)Cc1noc(C(C)(C)C)n1. The highest BCUT2D eigenvalue weighted by Gasteiger charge is 2.25. The van der Waals surface area contributed by atoms with Gasteiger partial charge >= 0.3 is 0 Å². The standard InChI is InChI=1S/C13H19N3O4S/c1-8-10(9(2)19-15-8)6-21(17,18)7-11-14-12(20-16-11)13(3,4)5/h6-7H2,1-5H3. The second kappa shape index (κ2) is 5.25. The summed E-state index contributed by atoms with van der Waals surface area (Å²) >= 11 is 0. The molecule has 0 saturated heterocycles. The molecule has 2 aromatic heterocycles. The Kier molecular flexibility index (Phi) is 3.92. The molecule has 0 fully saturated rings. The Balaban J connectivity index is 2.17. The van der Waals surface area contributed by atoms with Crippen LogP contribution in [0.2, 0.25) is 0 Å². The van der Waals surface area contributed by atoms with E-state index in [-0.39, 0.29) is 22.7 Å². The minimum Gasteiger partial charge on any atom is -0.361 e. The van der Waals surface area contributed by atoms with Gasteiger partial charge < -0.3 is 9.05 Å². The van der Waals surface area contributed by atoms with Gasteiger partial charge in [0.25, 0.3) is 0 Å². The fraction of sp³-hybridized carbons (Fsp3) is 0.615. The molecule has 0 radical (unpaired) electrons. The molecule has 0 saturated carbocycles. The normalized spacial score (nSPS) is 12.8. The fourth-order valence-corrected chi connectivity index (χ4v) is 3.26. The lowest BCUT2D eigenvalue weighted by Gasteiger charge is -2.10. The molecule has 0 aromatic carbocycles. The first-order valence-electron chi connectivity index (χ1n) is 6.54. The highest BCUT2D eigenvalue weighted by Crippen LogP contribution is 2.21. The van der Waals surface area contributed by atoms with Crippen LogP contribution in [0.15, 0.2) is 9.05 Å². The van der Waals surface area contributed by atoms with Crippen LogP contribution in [0.1, 0.15) is 49.5 Å². The Morgan fingerprint density at radius 1 is 1.05 bits per heavy atom. The topological polar surface area (TPSA) is 99.1 Å². The van der Waals surface area contributed by atoms with Crippen LogP contribution in [-0.4, -0.2) is 23.7 Å². The molecule has 2 aromatic rings. The monoisotopic (exact) mass is 313 g/mol. The molecular formula is C13H19N3O4S. The fourth-order valence-electron chi connectivity index (χ4n) is 1.79. The van der Waals surface area contributed by atoms with Gasteiger partial charge in [0.2, 0.25) is 5.89 Å². The smallest absolute Gasteiger partial charge is 0.232 e. The maximum atomic E-state index is 12.2. The second-order valence-electron chi connectivity index (χ2n) is 6.10. The highest BCUT2D eigenvalue weighted by atomic mass is 32.2. The van der Waals surface area contributed by atoms with Gasteiger partial charge in [-0.05, 0) is 13.8 Å². The molecular weight excluding hydrogens is 294 g/mol. The number of aromatic nitrogens is 3. The van der Waals surface area contributed by atoms with Gasteiger partial charge in [-0.3, -0.25) is 0 Å². The van der Waals surface area contributed by atoms with E-state index in [2.05, 4.69) is 15.3 Å². The summed E-state index contributed by atoms with van der Waals surface area (Å²) in [7, 11) is -3.42. The third kappa shape index (κ3) is 3.69. The molecule has 2 rings (SSSR count). The van der Waals surface area contributed by atoms with E-state index in [9.17, 15) is 8.42 Å². The van der Waals surface area contributed by atoms with Crippen LogP contribution in [0.5, 0.6) is 0 Å². The molecule has 0 spiro atoms. The zero-order valence-corrected chi connectivity index (χ0v) is 13.6. The van der Waals surface area contributed by atoms with E-state index in [0.29, 0.717) is 22.9 Å². The maximum Gasteiger partial charge on any atom is 0.232 e. The van der Waals surface area contributed by atoms with Crippen molar-refractivity contribution in [3.63, 3.8) is 0 Å². The molecule has 0 amide bonds. The van der Waals surface area contributed by atoms with Crippen LogP contribution in [0.25, 0.3) is 0 Å². The van der Waals surface area contributed by atoms with Crippen molar-refractivity contribution in [3.8, 4) is 0 Å². The van der Waals surface area contributed by atoms with Crippen molar-refractivity contribution < 1.29 is 17.5 Å². The van der Waals surface area contributed by atoms with E-state index in [0.717, 1.165) is 0 Å². The molecule has 0 aliphatic rings. The van der Waals surface area contributed by atoms with Crippen molar-refractivity contribution in [2.24, 2.45) is 0 Å². The lowest BCUT2D eigenvalue weighted by Crippen LogP contribution is -2.13. The van der Waals surface area contributed by atoms with Gasteiger partial charge in [0.15, 0.2) is 15.7 Å². The quantitative estimate of drug-likeness (QED) is 0.852. The molecule has 0 unspecified atom stereocenters. The minimum atomic E-state index is -3.42. The molecule has 0 N–H and O–H groups in total. The van der Waals surface area contributed by atoms with Gasteiger partial charge in [0, 0.05) is 11.0 Å². The van der Waals surface area contributed by atoms with Gasteiger partial charge in [-0.25, -0.2) is 8.42 Å². The lowest BCUT2D eigenvalue weighted by molar-refractivity contribution is 0.319. The number of aryl methyl sites for hydroxylation is 2. The summed E-state index contributed by atoms with van der Waals surface area (Å²) in [6, 6.07) is 0. The zero-order valence-electron chi connectivity index (χ0n) is 12.8. The number of hydrogen-bond acceptors (Lipinski definition) is 7. The largest absolute Gasteiger partial charge is 0.361 e. The van der Waals surface area contributed by atoms with Gasteiger partial charge in [-0.1, -0.05) is 31.1 Å². The van der Waals surface area contributed by atoms with E-state index in [4.69, 9.17) is 9.05 Å². The first-order chi connectivity index (χ1) is 9.58. The Morgan fingerprint density at radius 3 is 2.19 bits per heavy atom. The number of rotatable bonds is 4. The lowest BCUT2D eigenvalue weighted by atomic mass is 9.97. The number of nitrogens with zero attached hydrogens (tertiary/aromatic N) is 3. The summed E-state index contributed by atoms with van der Waals surface area (Å²) in [6.07, 6.45) is 0. The Bertz CT molecular complexity index is 718. The van der Waals surface area contributed by atoms with E-state index in [1.54, 1.807) is 13.8 Å². The summed E-state index contributed by atoms with van der Waals surface area (Å²) < 4.78 is 34.6. The zero-order chi connectivity index (χ0) is 15.8. The van der Waals surface area contributed by atoms with E-state index in [1.807, 2.05) is 20.8 Å². The highest BCUT2D eigenvalue weighted by molar-refractivity contribution is 7.89. The molecule has 0 bridgehead atoms. The van der Waals surface area contributed by atoms with Crippen LogP contribution >= 0.6 is 0 Å². The van der Waals surface area contributed by atoms with Crippen molar-refractivity contribution in [1.82, 2.24) is 15.3 Å². The maximum absolute atomic E-state index is 12.2. The molecule has 21 heavy (non-hydrogen) atoms. The van der Waals surface area contributed by atoms with E-state index < -0.39 is 9.84 Å². The third-order valence-corrected chi connectivity index (χ3v) is 4.43. The molecule has 7 nitrogen and oxygen atoms in total. The first kappa shape index (κ1) is 15.7. The summed E-state index contributed by atoms with van der Waals surface area (Å²) in [5.74, 6) is 0.695. The average Bonchev–Trinajstić information content (AvgIpc) is 2.90. The third-order valence-electron chi connectivity index (χ3n) is 3.00. The van der Waals surface area contributed by atoms with Crippen molar-refractivity contribution in [2.75, 3.05) is 0 Å². The van der Waals surface area contributed by atoms with Gasteiger partial charge in [0.05, 0.1) is 11.4 Å². The summed E-state index contributed by atoms with van der Waals surface area (Å²) in [5, 5.41) is 7.49. The molecule has 0 aliphatic heterocycles. The first-order valence-corrected chi connectivity index (χ1v) is 8.36. The molecule has 0 aliphatic carbocycles. The Morgan fingerprint density at radius 2 is 1.71 bits per heavy atom. The molecule has 116 valence electrons. The molecule has 8 heteroatoms. The van der Waals surface area contributed by atoms with Crippen molar-refractivity contribution in [3.05, 3.63) is 28.7 Å². The Labute approximate surface area is 123 Å². The van der Waals surface area contributed by atoms with Crippen molar-refractivity contribution >= 4 is 9.84 Å². The van der Waals surface area contributed by atoms with Gasteiger partial charge in [-0.15, -0.1) is 0 Å². The van der Waals surface area contributed by atoms with Crippen LogP contribution in [0.3, 0.4) is 0 Å². The van der Waals surface area contributed by atoms with Crippen molar-refractivity contribution in [2.45, 2.75) is 51.5 Å². The number of sulfone groups is 1. The van der Waals surface area contributed by atoms with Crippen molar-refractivity contribution in [1.29, 1.82) is 0 Å². The second-order valence-corrected chi connectivity index (χ2v) is 8.17. The average molecular weight is 313 g/mol. The summed E-state index contributed by atoms with van der Waals surface area (Å²) in [5.41, 5.74) is 0.866. The summed E-state index contributed by atoms with van der Waals surface area (Å²) in [4.78, 5) is 4.14. The summed E-state index contributed by atoms with van der Waals surface area (Å²) in [6.45, 7) is 9.16. The van der Waals surface area contributed by atoms with Crippen LogP contribution in [0, 0.1) is 13.8 Å². The van der Waals surface area contributed by atoms with Gasteiger partial charge in [0.1, 0.15) is 11.5 Å². The predicted octanol–water partition coefficient (Wildman–Crippen LogP) is 2.09. The number of hydrogen-bond donors (Lipinski definition) is 0. The van der Waals surface area contributed by atoms with Crippen LogP contribution < -0.4 is 0 Å². The van der Waals surface area contributed by atoms with Crippen LogP contribution in [0.4, 0.5) is 0 Å². The predicted molar refractivity (Wildman–Crippen MR) is 75.3 cm³/mol.